The number of alkyl halides is 2. The van der Waals surface area contributed by atoms with Crippen LogP contribution in [0, 0.1) is 12.8 Å². The smallest absolute Gasteiger partial charge is 0.356 e. The summed E-state index contributed by atoms with van der Waals surface area (Å²) >= 11 is 0. The van der Waals surface area contributed by atoms with Crippen molar-refractivity contribution in [3.63, 3.8) is 0 Å². The van der Waals surface area contributed by atoms with Crippen LogP contribution < -0.4 is 0 Å². The Bertz CT molecular complexity index is 1010. The largest absolute Gasteiger partial charge is 0.476 e. The first kappa shape index (κ1) is 24.7. The molecule has 1 aromatic carbocycles. The van der Waals surface area contributed by atoms with Gasteiger partial charge in [-0.15, -0.1) is 0 Å². The Kier molecular flexibility index (Phi) is 7.44. The van der Waals surface area contributed by atoms with E-state index in [1.807, 2.05) is 45.0 Å². The third-order valence-corrected chi connectivity index (χ3v) is 5.88. The fourth-order valence-electron chi connectivity index (χ4n) is 4.35. The number of benzene rings is 1. The number of carbonyl (C=O) groups is 2. The van der Waals surface area contributed by atoms with Crippen molar-refractivity contribution in [1.82, 2.24) is 9.97 Å². The van der Waals surface area contributed by atoms with E-state index in [9.17, 15) is 23.5 Å². The normalized spacial score (nSPS) is 18.9. The topological polar surface area (TPSA) is 89.4 Å². The number of carboxylic acid groups (broad SMARTS) is 1. The lowest BCUT2D eigenvalue weighted by molar-refractivity contribution is -0.156. The first-order valence-electron chi connectivity index (χ1n) is 11.2. The highest BCUT2D eigenvalue weighted by atomic mass is 19.3. The summed E-state index contributed by atoms with van der Waals surface area (Å²) in [6.07, 6.45) is 1.28. The molecule has 1 aliphatic rings. The minimum Gasteiger partial charge on any atom is -0.476 e. The van der Waals surface area contributed by atoms with Crippen LogP contribution >= 0.6 is 0 Å². The number of nitrogens with zero attached hydrogens (tertiary/aromatic N) is 2. The zero-order valence-corrected chi connectivity index (χ0v) is 19.4. The standard InChI is InChI=1S/C25H30F2N2O4/c1-14-20(29-22(24(31)32)21(28-14)23(26)27)18-11-9-17(10-12-18)16-7-5-15(6-8-16)13-19(30)33-25(2,3)4/h9-12,15-16,23H,5-8,13H2,1-4H3,(H,31,32)/t15-,16-. The van der Waals surface area contributed by atoms with Crippen LogP contribution in [0.1, 0.15) is 92.7 Å². The summed E-state index contributed by atoms with van der Waals surface area (Å²) in [4.78, 5) is 31.3. The Morgan fingerprint density at radius 2 is 1.70 bits per heavy atom. The van der Waals surface area contributed by atoms with Crippen molar-refractivity contribution in [2.24, 2.45) is 5.92 Å². The number of aryl methyl sites for hydroxylation is 1. The molecule has 0 radical (unpaired) electrons. The van der Waals surface area contributed by atoms with E-state index in [4.69, 9.17) is 4.74 Å². The van der Waals surface area contributed by atoms with Gasteiger partial charge in [0.25, 0.3) is 6.43 Å². The van der Waals surface area contributed by atoms with E-state index in [1.165, 1.54) is 0 Å². The molecule has 3 rings (SSSR count). The van der Waals surface area contributed by atoms with Crippen LogP contribution in [0.15, 0.2) is 24.3 Å². The third-order valence-electron chi connectivity index (χ3n) is 5.88. The van der Waals surface area contributed by atoms with E-state index < -0.39 is 29.4 Å². The van der Waals surface area contributed by atoms with E-state index in [-0.39, 0.29) is 17.4 Å². The van der Waals surface area contributed by atoms with Gasteiger partial charge in [-0.25, -0.2) is 23.5 Å². The molecule has 8 heteroatoms. The molecule has 0 aliphatic heterocycles. The SMILES string of the molecule is Cc1nc(C(F)F)c(C(=O)O)nc1-c1ccc([C@H]2CC[C@H](CC(=O)OC(C)(C)C)CC2)cc1. The van der Waals surface area contributed by atoms with Crippen molar-refractivity contribution in [3.05, 3.63) is 46.9 Å². The second-order valence-corrected chi connectivity index (χ2v) is 9.63. The van der Waals surface area contributed by atoms with Crippen molar-refractivity contribution in [1.29, 1.82) is 0 Å². The van der Waals surface area contributed by atoms with Crippen molar-refractivity contribution in [2.75, 3.05) is 0 Å². The monoisotopic (exact) mass is 460 g/mol. The molecule has 0 saturated heterocycles. The summed E-state index contributed by atoms with van der Waals surface area (Å²) in [5, 5.41) is 9.26. The quantitative estimate of drug-likeness (QED) is 0.525. The molecule has 6 nitrogen and oxygen atoms in total. The van der Waals surface area contributed by atoms with Crippen LogP contribution in [0.2, 0.25) is 0 Å². The summed E-state index contributed by atoms with van der Waals surface area (Å²) in [7, 11) is 0. The fraction of sp³-hybridized carbons (Fsp3) is 0.520. The van der Waals surface area contributed by atoms with E-state index in [1.54, 1.807) is 6.92 Å². The van der Waals surface area contributed by atoms with Gasteiger partial charge in [0.15, 0.2) is 5.69 Å². The van der Waals surface area contributed by atoms with Gasteiger partial charge in [-0.05, 0) is 70.8 Å². The molecule has 1 aromatic heterocycles. The number of hydrogen-bond donors (Lipinski definition) is 1. The lowest BCUT2D eigenvalue weighted by Crippen LogP contribution is -2.26. The maximum absolute atomic E-state index is 13.1. The fourth-order valence-corrected chi connectivity index (χ4v) is 4.35. The molecule has 33 heavy (non-hydrogen) atoms. The number of aromatic nitrogens is 2. The van der Waals surface area contributed by atoms with Gasteiger partial charge in [-0.1, -0.05) is 24.3 Å². The number of hydrogen-bond acceptors (Lipinski definition) is 5. The number of carboxylic acids is 1. The second kappa shape index (κ2) is 9.93. The summed E-state index contributed by atoms with van der Waals surface area (Å²) in [6.45, 7) is 7.15. The molecule has 1 heterocycles. The highest BCUT2D eigenvalue weighted by molar-refractivity contribution is 5.87. The van der Waals surface area contributed by atoms with Crippen LogP contribution in [0.3, 0.4) is 0 Å². The molecule has 1 fully saturated rings. The summed E-state index contributed by atoms with van der Waals surface area (Å²) in [5.41, 5.74) is 0.314. The highest BCUT2D eigenvalue weighted by Gasteiger charge is 2.27. The average molecular weight is 461 g/mol. The molecule has 2 aromatic rings. The first-order chi connectivity index (χ1) is 15.4. The zero-order chi connectivity index (χ0) is 24.3. The Morgan fingerprint density at radius 3 is 2.21 bits per heavy atom. The lowest BCUT2D eigenvalue weighted by atomic mass is 9.77. The van der Waals surface area contributed by atoms with Crippen molar-refractivity contribution in [3.8, 4) is 11.3 Å². The number of halogens is 2. The zero-order valence-electron chi connectivity index (χ0n) is 19.4. The van der Waals surface area contributed by atoms with E-state index in [0.717, 1.165) is 31.2 Å². The predicted octanol–water partition coefficient (Wildman–Crippen LogP) is 6.09. The molecule has 0 spiro atoms. The number of aromatic carboxylic acids is 1. The minimum atomic E-state index is -3.01. The first-order valence-corrected chi connectivity index (χ1v) is 11.2. The van der Waals surface area contributed by atoms with Gasteiger partial charge >= 0.3 is 11.9 Å². The molecule has 178 valence electrons. The molecule has 0 atom stereocenters. The van der Waals surface area contributed by atoms with Crippen molar-refractivity contribution >= 4 is 11.9 Å². The molecule has 1 N–H and O–H groups in total. The van der Waals surface area contributed by atoms with Gasteiger partial charge in [-0.2, -0.15) is 0 Å². The van der Waals surface area contributed by atoms with E-state index >= 15 is 0 Å². The van der Waals surface area contributed by atoms with Gasteiger partial charge in [0.05, 0.1) is 11.4 Å². The average Bonchev–Trinajstić information content (AvgIpc) is 2.72. The van der Waals surface area contributed by atoms with Crippen LogP contribution in [-0.2, 0) is 9.53 Å². The Labute approximate surface area is 192 Å². The summed E-state index contributed by atoms with van der Waals surface area (Å²) in [5.74, 6) is -0.975. The minimum absolute atomic E-state index is 0.148. The Morgan fingerprint density at radius 1 is 1.09 bits per heavy atom. The Balaban J connectivity index is 1.68. The molecule has 1 saturated carbocycles. The molecule has 0 bridgehead atoms. The van der Waals surface area contributed by atoms with Crippen LogP contribution in [0.5, 0.6) is 0 Å². The number of ether oxygens (including phenoxy) is 1. The van der Waals surface area contributed by atoms with Crippen LogP contribution in [0.4, 0.5) is 8.78 Å². The molecule has 0 amide bonds. The summed E-state index contributed by atoms with van der Waals surface area (Å²) in [6, 6.07) is 7.59. The summed E-state index contributed by atoms with van der Waals surface area (Å²) < 4.78 is 31.7. The Hall–Kier alpha value is -2.90. The molecule has 0 unspecified atom stereocenters. The van der Waals surface area contributed by atoms with Gasteiger partial charge in [-0.3, -0.25) is 4.79 Å². The van der Waals surface area contributed by atoms with Crippen LogP contribution in [0.25, 0.3) is 11.3 Å². The van der Waals surface area contributed by atoms with Crippen molar-refractivity contribution < 1.29 is 28.2 Å². The van der Waals surface area contributed by atoms with Crippen LogP contribution in [-0.4, -0.2) is 32.6 Å². The predicted molar refractivity (Wildman–Crippen MR) is 119 cm³/mol. The van der Waals surface area contributed by atoms with E-state index in [0.29, 0.717) is 23.8 Å². The molecular formula is C25H30F2N2O4. The molecular weight excluding hydrogens is 430 g/mol. The lowest BCUT2D eigenvalue weighted by Gasteiger charge is -2.29. The van der Waals surface area contributed by atoms with Gasteiger partial charge in [0, 0.05) is 12.0 Å². The van der Waals surface area contributed by atoms with Gasteiger partial charge in [0.2, 0.25) is 0 Å². The highest BCUT2D eigenvalue weighted by Crippen LogP contribution is 2.38. The van der Waals surface area contributed by atoms with E-state index in [2.05, 4.69) is 9.97 Å². The third kappa shape index (κ3) is 6.33. The van der Waals surface area contributed by atoms with Gasteiger partial charge < -0.3 is 9.84 Å². The number of carbonyl (C=O) groups excluding carboxylic acids is 1. The van der Waals surface area contributed by atoms with Gasteiger partial charge in [0.1, 0.15) is 11.3 Å². The maximum Gasteiger partial charge on any atom is 0.356 e. The number of rotatable bonds is 6. The van der Waals surface area contributed by atoms with Crippen molar-refractivity contribution in [2.45, 2.75) is 77.7 Å². The number of esters is 1. The maximum atomic E-state index is 13.1. The molecule has 1 aliphatic carbocycles. The second-order valence-electron chi connectivity index (χ2n) is 9.63.